The molecule has 10 heteroatoms. The number of nitrogens with zero attached hydrogens (tertiary/aromatic N) is 2. The molecular weight excluding hydrogens is 545 g/mol. The third-order valence-electron chi connectivity index (χ3n) is 5.69. The van der Waals surface area contributed by atoms with Gasteiger partial charge in [-0.15, -0.1) is 0 Å². The van der Waals surface area contributed by atoms with Gasteiger partial charge in [0.15, 0.2) is 0 Å². The van der Waals surface area contributed by atoms with E-state index in [1.165, 1.54) is 29.2 Å². The Labute approximate surface area is 234 Å². The summed E-state index contributed by atoms with van der Waals surface area (Å²) in [7, 11) is -4.14. The van der Waals surface area contributed by atoms with Gasteiger partial charge in [0, 0.05) is 22.1 Å². The number of hydrogen-bond donors (Lipinski definition) is 1. The molecule has 2 amide bonds. The van der Waals surface area contributed by atoms with Gasteiger partial charge in [0.1, 0.15) is 12.6 Å². The number of sulfonamides is 1. The molecule has 1 N–H and O–H groups in total. The predicted molar refractivity (Wildman–Crippen MR) is 152 cm³/mol. The smallest absolute Gasteiger partial charge is 0.264 e. The normalized spacial score (nSPS) is 12.5. The summed E-state index contributed by atoms with van der Waals surface area (Å²) in [5, 5.41) is 3.74. The highest BCUT2D eigenvalue weighted by atomic mass is 35.5. The molecule has 0 saturated heterocycles. The molecule has 7 nitrogen and oxygen atoms in total. The Morgan fingerprint density at radius 2 is 1.47 bits per heavy atom. The van der Waals surface area contributed by atoms with Gasteiger partial charge in [0.2, 0.25) is 11.8 Å². The van der Waals surface area contributed by atoms with Gasteiger partial charge in [0.05, 0.1) is 10.6 Å². The van der Waals surface area contributed by atoms with E-state index in [4.69, 9.17) is 23.2 Å². The van der Waals surface area contributed by atoms with E-state index in [1.807, 2.05) is 20.8 Å². The maximum absolute atomic E-state index is 13.9. The van der Waals surface area contributed by atoms with Crippen molar-refractivity contribution in [3.05, 3.63) is 94.5 Å². The highest BCUT2D eigenvalue weighted by Crippen LogP contribution is 2.26. The average Bonchev–Trinajstić information content (AvgIpc) is 2.86. The summed E-state index contributed by atoms with van der Waals surface area (Å²) in [6.07, 6.45) is 0. The van der Waals surface area contributed by atoms with Gasteiger partial charge < -0.3 is 10.2 Å². The molecule has 0 radical (unpaired) electrons. The summed E-state index contributed by atoms with van der Waals surface area (Å²) in [5.74, 6) is -0.946. The molecule has 3 rings (SSSR count). The first-order valence-corrected chi connectivity index (χ1v) is 14.2. The number of halogens is 2. The Bertz CT molecular complexity index is 1380. The minimum atomic E-state index is -4.14. The molecule has 0 aliphatic carbocycles. The maximum Gasteiger partial charge on any atom is 0.264 e. The van der Waals surface area contributed by atoms with Crippen LogP contribution >= 0.6 is 23.2 Å². The minimum Gasteiger partial charge on any atom is -0.350 e. The van der Waals surface area contributed by atoms with Crippen LogP contribution in [0.15, 0.2) is 83.8 Å². The molecule has 202 valence electrons. The van der Waals surface area contributed by atoms with Crippen molar-refractivity contribution in [3.63, 3.8) is 0 Å². The molecule has 38 heavy (non-hydrogen) atoms. The fourth-order valence-electron chi connectivity index (χ4n) is 3.72. The van der Waals surface area contributed by atoms with Crippen LogP contribution in [0, 0.1) is 0 Å². The number of hydrogen-bond acceptors (Lipinski definition) is 4. The van der Waals surface area contributed by atoms with Gasteiger partial charge in [-0.05, 0) is 75.7 Å². The van der Waals surface area contributed by atoms with Crippen molar-refractivity contribution in [3.8, 4) is 0 Å². The summed E-state index contributed by atoms with van der Waals surface area (Å²) < 4.78 is 28.4. The zero-order valence-electron chi connectivity index (χ0n) is 21.7. The number of benzene rings is 3. The molecule has 0 aliphatic rings. The third kappa shape index (κ3) is 7.49. The fraction of sp³-hybridized carbons (Fsp3) is 0.286. The second kappa shape index (κ2) is 12.2. The van der Waals surface area contributed by atoms with Gasteiger partial charge in [0.25, 0.3) is 10.0 Å². The number of carbonyl (C=O) groups is 2. The highest BCUT2D eigenvalue weighted by Gasteiger charge is 2.33. The lowest BCUT2D eigenvalue weighted by atomic mass is 10.1. The predicted octanol–water partition coefficient (Wildman–Crippen LogP) is 5.52. The van der Waals surface area contributed by atoms with Crippen molar-refractivity contribution >= 4 is 50.7 Å². The zero-order chi connectivity index (χ0) is 28.1. The molecule has 0 aromatic heterocycles. The first-order valence-electron chi connectivity index (χ1n) is 12.0. The lowest BCUT2D eigenvalue weighted by Crippen LogP contribution is -2.54. The molecule has 0 bridgehead atoms. The van der Waals surface area contributed by atoms with E-state index in [0.29, 0.717) is 15.6 Å². The standard InChI is InChI=1S/C28H31Cl2N3O4S/c1-20(27(35)31-28(2,3)4)32(18-21-10-8-9-13-25(21)30)26(34)19-33(23-16-14-22(29)15-17-23)38(36,37)24-11-6-5-7-12-24/h5-17,20H,18-19H2,1-4H3,(H,31,35)/t20-/m0/s1. The minimum absolute atomic E-state index is 0.0110. The van der Waals surface area contributed by atoms with Crippen LogP contribution in [0.1, 0.15) is 33.3 Å². The topological polar surface area (TPSA) is 86.8 Å². The van der Waals surface area contributed by atoms with Crippen molar-refractivity contribution in [2.24, 2.45) is 0 Å². The first-order chi connectivity index (χ1) is 17.8. The molecule has 3 aromatic rings. The Morgan fingerprint density at radius 1 is 0.895 bits per heavy atom. The Balaban J connectivity index is 2.03. The van der Waals surface area contributed by atoms with Crippen molar-refractivity contribution in [2.75, 3.05) is 10.8 Å². The van der Waals surface area contributed by atoms with Gasteiger partial charge in [-0.2, -0.15) is 0 Å². The molecular formula is C28H31Cl2N3O4S. The summed E-state index contributed by atoms with van der Waals surface area (Å²) in [5.41, 5.74) is 0.356. The third-order valence-corrected chi connectivity index (χ3v) is 8.10. The van der Waals surface area contributed by atoms with Crippen LogP contribution in [-0.2, 0) is 26.2 Å². The number of nitrogens with one attached hydrogen (secondary N) is 1. The van der Waals surface area contributed by atoms with Crippen molar-refractivity contribution in [2.45, 2.75) is 50.7 Å². The van der Waals surface area contributed by atoms with Crippen LogP contribution in [-0.4, -0.2) is 43.3 Å². The highest BCUT2D eigenvalue weighted by molar-refractivity contribution is 7.92. The molecule has 0 aliphatic heterocycles. The second-order valence-electron chi connectivity index (χ2n) is 9.83. The zero-order valence-corrected chi connectivity index (χ0v) is 24.0. The molecule has 0 fully saturated rings. The van der Waals surface area contributed by atoms with E-state index in [9.17, 15) is 18.0 Å². The van der Waals surface area contributed by atoms with Crippen molar-refractivity contribution < 1.29 is 18.0 Å². The van der Waals surface area contributed by atoms with E-state index < -0.39 is 34.1 Å². The summed E-state index contributed by atoms with van der Waals surface area (Å²) in [4.78, 5) is 28.3. The second-order valence-corrected chi connectivity index (χ2v) is 12.5. The molecule has 0 saturated carbocycles. The molecule has 0 unspecified atom stereocenters. The SMILES string of the molecule is C[C@@H](C(=O)NC(C)(C)C)N(Cc1ccccc1Cl)C(=O)CN(c1ccc(Cl)cc1)S(=O)(=O)c1ccccc1. The van der Waals surface area contributed by atoms with E-state index >= 15 is 0 Å². The first kappa shape index (κ1) is 29.5. The van der Waals surface area contributed by atoms with Crippen LogP contribution in [0.5, 0.6) is 0 Å². The Hall–Kier alpha value is -3.07. The summed E-state index contributed by atoms with van der Waals surface area (Å²) in [6, 6.07) is 20.1. The fourth-order valence-corrected chi connectivity index (χ4v) is 5.48. The number of rotatable bonds is 9. The lowest BCUT2D eigenvalue weighted by molar-refractivity contribution is -0.140. The van der Waals surface area contributed by atoms with Crippen LogP contribution in [0.2, 0.25) is 10.0 Å². The van der Waals surface area contributed by atoms with E-state index in [0.717, 1.165) is 4.31 Å². The quantitative estimate of drug-likeness (QED) is 0.364. The maximum atomic E-state index is 13.9. The lowest BCUT2D eigenvalue weighted by Gasteiger charge is -2.33. The van der Waals surface area contributed by atoms with Crippen LogP contribution in [0.3, 0.4) is 0 Å². The largest absolute Gasteiger partial charge is 0.350 e. The number of anilines is 1. The van der Waals surface area contributed by atoms with Gasteiger partial charge >= 0.3 is 0 Å². The van der Waals surface area contributed by atoms with E-state index in [2.05, 4.69) is 5.32 Å². The van der Waals surface area contributed by atoms with Crippen LogP contribution in [0.25, 0.3) is 0 Å². The molecule has 1 atom stereocenters. The number of amides is 2. The van der Waals surface area contributed by atoms with Crippen molar-refractivity contribution in [1.82, 2.24) is 10.2 Å². The molecule has 3 aromatic carbocycles. The molecule has 0 heterocycles. The summed E-state index contributed by atoms with van der Waals surface area (Å²) >= 11 is 12.4. The van der Waals surface area contributed by atoms with E-state index in [1.54, 1.807) is 61.5 Å². The molecule has 0 spiro atoms. The Morgan fingerprint density at radius 3 is 2.05 bits per heavy atom. The van der Waals surface area contributed by atoms with Gasteiger partial charge in [-0.3, -0.25) is 13.9 Å². The van der Waals surface area contributed by atoms with Crippen LogP contribution in [0.4, 0.5) is 5.69 Å². The van der Waals surface area contributed by atoms with E-state index in [-0.39, 0.29) is 23.0 Å². The average molecular weight is 577 g/mol. The Kier molecular flexibility index (Phi) is 9.46. The number of carbonyl (C=O) groups excluding carboxylic acids is 2. The monoisotopic (exact) mass is 575 g/mol. The summed E-state index contributed by atoms with van der Waals surface area (Å²) in [6.45, 7) is 6.59. The van der Waals surface area contributed by atoms with Crippen molar-refractivity contribution in [1.29, 1.82) is 0 Å². The van der Waals surface area contributed by atoms with Crippen LogP contribution < -0.4 is 9.62 Å². The van der Waals surface area contributed by atoms with Gasteiger partial charge in [-0.25, -0.2) is 8.42 Å². The van der Waals surface area contributed by atoms with Gasteiger partial charge in [-0.1, -0.05) is 59.6 Å².